The second-order valence-electron chi connectivity index (χ2n) is 7.46. The molecule has 0 N–H and O–H groups in total. The Kier molecular flexibility index (Phi) is 6.72. The molecule has 25 heavy (non-hydrogen) atoms. The van der Waals surface area contributed by atoms with Crippen LogP contribution in [-0.2, 0) is 0 Å². The van der Waals surface area contributed by atoms with Crippen LogP contribution in [0, 0.1) is 5.82 Å². The molecule has 3 rings (SSSR count). The lowest BCUT2D eigenvalue weighted by molar-refractivity contribution is 0.603. The van der Waals surface area contributed by atoms with Gasteiger partial charge in [-0.15, -0.1) is 0 Å². The fourth-order valence-electron chi connectivity index (χ4n) is 4.09. The Morgan fingerprint density at radius 1 is 1.00 bits per heavy atom. The first-order valence-corrected chi connectivity index (χ1v) is 12.6. The standard InChI is InChI=1S/C22H28ClFSi/c1-2-3-4-13-25-14-11-19(12-15-25)17-5-7-18(8-6-17)20-9-10-21(23)22(24)16-20/h5-10,16,19,25H,2-4,11-15H2,1H3/t19-,25-. The minimum Gasteiger partial charge on any atom is -0.205 e. The Bertz CT molecular complexity index is 675. The SMILES string of the molecule is CCCCC[Si@H]1CC[C@H](c2ccc(-c3ccc(Cl)c(F)c3)cc2)CC1. The van der Waals surface area contributed by atoms with Crippen molar-refractivity contribution in [2.24, 2.45) is 0 Å². The maximum atomic E-state index is 13.7. The molecule has 0 bridgehead atoms. The molecule has 0 saturated carbocycles. The summed E-state index contributed by atoms with van der Waals surface area (Å²) in [6.45, 7) is 2.29. The van der Waals surface area contributed by atoms with Crippen molar-refractivity contribution in [2.45, 2.75) is 63.1 Å². The lowest BCUT2D eigenvalue weighted by Gasteiger charge is -2.28. The molecule has 3 heteroatoms. The third-order valence-electron chi connectivity index (χ3n) is 5.70. The lowest BCUT2D eigenvalue weighted by Crippen LogP contribution is -2.20. The number of halogens is 2. The fraction of sp³-hybridized carbons (Fsp3) is 0.455. The monoisotopic (exact) mass is 374 g/mol. The summed E-state index contributed by atoms with van der Waals surface area (Å²) in [5.74, 6) is 0.375. The zero-order valence-electron chi connectivity index (χ0n) is 15.1. The summed E-state index contributed by atoms with van der Waals surface area (Å²) in [6, 6.07) is 18.4. The van der Waals surface area contributed by atoms with Crippen LogP contribution >= 0.6 is 11.6 Å². The van der Waals surface area contributed by atoms with Gasteiger partial charge >= 0.3 is 0 Å². The average Bonchev–Trinajstić information content (AvgIpc) is 2.65. The Labute approximate surface area is 158 Å². The molecule has 0 radical (unpaired) electrons. The van der Waals surface area contributed by atoms with Gasteiger partial charge in [0.1, 0.15) is 5.82 Å². The van der Waals surface area contributed by atoms with Gasteiger partial charge in [-0.1, -0.05) is 86.3 Å². The quantitative estimate of drug-likeness (QED) is 0.364. The van der Waals surface area contributed by atoms with E-state index < -0.39 is 8.80 Å². The van der Waals surface area contributed by atoms with Crippen LogP contribution in [0.1, 0.15) is 50.5 Å². The largest absolute Gasteiger partial charge is 0.205 e. The molecular formula is C22H28ClFSi. The molecule has 134 valence electrons. The molecule has 0 atom stereocenters. The number of benzene rings is 2. The molecule has 0 unspecified atom stereocenters. The van der Waals surface area contributed by atoms with Crippen molar-refractivity contribution in [1.82, 2.24) is 0 Å². The first-order valence-electron chi connectivity index (χ1n) is 9.72. The Morgan fingerprint density at radius 3 is 2.32 bits per heavy atom. The molecule has 1 aliphatic rings. The van der Waals surface area contributed by atoms with Crippen LogP contribution in [0.2, 0.25) is 23.2 Å². The summed E-state index contributed by atoms with van der Waals surface area (Å²) < 4.78 is 13.7. The minimum absolute atomic E-state index is 0.181. The van der Waals surface area contributed by atoms with Gasteiger partial charge in [-0.25, -0.2) is 4.39 Å². The van der Waals surface area contributed by atoms with Crippen molar-refractivity contribution >= 4 is 20.4 Å². The molecule has 0 aromatic heterocycles. The van der Waals surface area contributed by atoms with Gasteiger partial charge in [0, 0.05) is 8.80 Å². The molecule has 1 fully saturated rings. The van der Waals surface area contributed by atoms with Crippen LogP contribution in [0.3, 0.4) is 0 Å². The van der Waals surface area contributed by atoms with Gasteiger partial charge in [0.25, 0.3) is 0 Å². The van der Waals surface area contributed by atoms with E-state index in [9.17, 15) is 4.39 Å². The van der Waals surface area contributed by atoms with E-state index in [1.54, 1.807) is 12.1 Å². The van der Waals surface area contributed by atoms with Crippen LogP contribution < -0.4 is 0 Å². The molecule has 0 nitrogen and oxygen atoms in total. The van der Waals surface area contributed by atoms with Gasteiger partial charge in [0.2, 0.25) is 0 Å². The van der Waals surface area contributed by atoms with Gasteiger partial charge < -0.3 is 0 Å². The normalized spacial score (nSPS) is 20.6. The van der Waals surface area contributed by atoms with E-state index in [2.05, 4.69) is 31.2 Å². The topological polar surface area (TPSA) is 0 Å². The highest BCUT2D eigenvalue weighted by atomic mass is 35.5. The number of unbranched alkanes of at least 4 members (excludes halogenated alkanes) is 2. The van der Waals surface area contributed by atoms with Crippen molar-refractivity contribution in [3.05, 3.63) is 58.9 Å². The van der Waals surface area contributed by atoms with Gasteiger partial charge in [0.05, 0.1) is 5.02 Å². The average molecular weight is 375 g/mol. The second-order valence-corrected chi connectivity index (χ2v) is 11.3. The summed E-state index contributed by atoms with van der Waals surface area (Å²) in [6.07, 6.45) is 6.97. The summed E-state index contributed by atoms with van der Waals surface area (Å²) in [5.41, 5.74) is 3.40. The predicted octanol–water partition coefficient (Wildman–Crippen LogP) is 7.44. The van der Waals surface area contributed by atoms with E-state index in [0.717, 1.165) is 17.0 Å². The molecule has 1 saturated heterocycles. The Balaban J connectivity index is 1.59. The lowest BCUT2D eigenvalue weighted by atomic mass is 9.92. The third kappa shape index (κ3) is 4.95. The summed E-state index contributed by atoms with van der Waals surface area (Å²) in [5, 5.41) is 0.181. The maximum Gasteiger partial charge on any atom is 0.142 e. The maximum absolute atomic E-state index is 13.7. The van der Waals surface area contributed by atoms with Crippen molar-refractivity contribution in [2.75, 3.05) is 0 Å². The van der Waals surface area contributed by atoms with Crippen LogP contribution in [-0.4, -0.2) is 8.80 Å². The van der Waals surface area contributed by atoms with Crippen LogP contribution in [0.15, 0.2) is 42.5 Å². The summed E-state index contributed by atoms with van der Waals surface area (Å²) in [7, 11) is -0.443. The van der Waals surface area contributed by atoms with E-state index in [1.165, 1.54) is 55.8 Å². The van der Waals surface area contributed by atoms with Crippen molar-refractivity contribution in [3.8, 4) is 11.1 Å². The molecule has 1 aliphatic heterocycles. The Hall–Kier alpha value is -1.12. The highest BCUT2D eigenvalue weighted by Gasteiger charge is 2.22. The molecule has 1 heterocycles. The van der Waals surface area contributed by atoms with Crippen molar-refractivity contribution in [1.29, 1.82) is 0 Å². The van der Waals surface area contributed by atoms with E-state index in [0.29, 0.717) is 0 Å². The van der Waals surface area contributed by atoms with E-state index in [1.807, 2.05) is 6.07 Å². The first-order chi connectivity index (χ1) is 12.2. The van der Waals surface area contributed by atoms with Crippen LogP contribution in [0.25, 0.3) is 11.1 Å². The molecular weight excluding hydrogens is 347 g/mol. The highest BCUT2D eigenvalue weighted by molar-refractivity contribution is 6.59. The molecule has 0 spiro atoms. The van der Waals surface area contributed by atoms with Crippen LogP contribution in [0.5, 0.6) is 0 Å². The van der Waals surface area contributed by atoms with E-state index in [-0.39, 0.29) is 10.8 Å². The molecule has 2 aromatic carbocycles. The third-order valence-corrected chi connectivity index (χ3v) is 9.53. The van der Waals surface area contributed by atoms with E-state index in [4.69, 9.17) is 11.6 Å². The Morgan fingerprint density at radius 2 is 1.68 bits per heavy atom. The smallest absolute Gasteiger partial charge is 0.142 e. The van der Waals surface area contributed by atoms with Crippen molar-refractivity contribution in [3.63, 3.8) is 0 Å². The number of hydrogen-bond donors (Lipinski definition) is 0. The molecule has 0 amide bonds. The molecule has 2 aromatic rings. The van der Waals surface area contributed by atoms with Gasteiger partial charge in [-0.2, -0.15) is 0 Å². The number of rotatable bonds is 6. The highest BCUT2D eigenvalue weighted by Crippen LogP contribution is 2.36. The first kappa shape index (κ1) is 18.7. The fourth-order valence-corrected chi connectivity index (χ4v) is 7.69. The number of hydrogen-bond acceptors (Lipinski definition) is 0. The van der Waals surface area contributed by atoms with Crippen LogP contribution in [0.4, 0.5) is 4.39 Å². The summed E-state index contributed by atoms with van der Waals surface area (Å²) in [4.78, 5) is 0. The van der Waals surface area contributed by atoms with E-state index >= 15 is 0 Å². The minimum atomic E-state index is -0.443. The van der Waals surface area contributed by atoms with Gasteiger partial charge in [0.15, 0.2) is 0 Å². The van der Waals surface area contributed by atoms with Gasteiger partial charge in [-0.3, -0.25) is 0 Å². The zero-order chi connectivity index (χ0) is 17.6. The zero-order valence-corrected chi connectivity index (χ0v) is 17.0. The van der Waals surface area contributed by atoms with Crippen molar-refractivity contribution < 1.29 is 4.39 Å². The molecule has 0 aliphatic carbocycles. The summed E-state index contributed by atoms with van der Waals surface area (Å²) >= 11 is 5.77. The van der Waals surface area contributed by atoms with Gasteiger partial charge in [-0.05, 0) is 47.6 Å². The second kappa shape index (κ2) is 9.00. The predicted molar refractivity (Wildman–Crippen MR) is 110 cm³/mol.